The monoisotopic (exact) mass is 234 g/mol. The number of nitrogens with zero attached hydrogens (tertiary/aromatic N) is 1. The van der Waals surface area contributed by atoms with Crippen molar-refractivity contribution in [2.75, 3.05) is 23.4 Å². The molecule has 0 aliphatic carbocycles. The lowest BCUT2D eigenvalue weighted by molar-refractivity contribution is -0.114. The lowest BCUT2D eigenvalue weighted by atomic mass is 10.1. The Morgan fingerprint density at radius 3 is 3.00 bits per heavy atom. The molecule has 0 spiro atoms. The van der Waals surface area contributed by atoms with E-state index < -0.39 is 0 Å². The van der Waals surface area contributed by atoms with Crippen LogP contribution in [-0.2, 0) is 4.79 Å². The number of benzene rings is 1. The van der Waals surface area contributed by atoms with Gasteiger partial charge in [-0.2, -0.15) is 0 Å². The van der Waals surface area contributed by atoms with Gasteiger partial charge >= 0.3 is 0 Å². The SMILES string of the molecule is CCN1c2cc(NC(C)=O)ccc2OCC1C. The number of likely N-dealkylation sites (N-methyl/N-ethyl adjacent to an activating group) is 1. The molecule has 0 saturated heterocycles. The first kappa shape index (κ1) is 11.8. The number of rotatable bonds is 2. The fourth-order valence-corrected chi connectivity index (χ4v) is 2.16. The van der Waals surface area contributed by atoms with E-state index >= 15 is 0 Å². The highest BCUT2D eigenvalue weighted by Crippen LogP contribution is 2.35. The van der Waals surface area contributed by atoms with E-state index in [2.05, 4.69) is 24.1 Å². The maximum atomic E-state index is 11.0. The van der Waals surface area contributed by atoms with Crippen molar-refractivity contribution in [3.63, 3.8) is 0 Å². The van der Waals surface area contributed by atoms with E-state index in [1.807, 2.05) is 18.2 Å². The molecule has 0 bridgehead atoms. The van der Waals surface area contributed by atoms with Gasteiger partial charge in [0.2, 0.25) is 5.91 Å². The second kappa shape index (κ2) is 4.65. The highest BCUT2D eigenvalue weighted by atomic mass is 16.5. The Kier molecular flexibility index (Phi) is 3.22. The number of hydrogen-bond donors (Lipinski definition) is 1. The first-order valence-corrected chi connectivity index (χ1v) is 5.93. The van der Waals surface area contributed by atoms with Crippen LogP contribution < -0.4 is 15.0 Å². The largest absolute Gasteiger partial charge is 0.489 e. The summed E-state index contributed by atoms with van der Waals surface area (Å²) in [7, 11) is 0. The van der Waals surface area contributed by atoms with Gasteiger partial charge in [-0.1, -0.05) is 0 Å². The van der Waals surface area contributed by atoms with Crippen LogP contribution in [0.5, 0.6) is 5.75 Å². The predicted molar refractivity (Wildman–Crippen MR) is 68.7 cm³/mol. The van der Waals surface area contributed by atoms with E-state index in [1.54, 1.807) is 0 Å². The van der Waals surface area contributed by atoms with Crippen LogP contribution >= 0.6 is 0 Å². The van der Waals surface area contributed by atoms with Gasteiger partial charge in [0, 0.05) is 19.2 Å². The first-order valence-electron chi connectivity index (χ1n) is 5.93. The molecule has 1 aromatic carbocycles. The summed E-state index contributed by atoms with van der Waals surface area (Å²) in [6, 6.07) is 6.11. The Morgan fingerprint density at radius 1 is 1.59 bits per heavy atom. The van der Waals surface area contributed by atoms with Crippen LogP contribution in [0.15, 0.2) is 18.2 Å². The molecule has 1 unspecified atom stereocenters. The van der Waals surface area contributed by atoms with Gasteiger partial charge in [0.25, 0.3) is 0 Å². The zero-order valence-corrected chi connectivity index (χ0v) is 10.5. The van der Waals surface area contributed by atoms with Crippen molar-refractivity contribution in [1.29, 1.82) is 0 Å². The molecule has 1 heterocycles. The Labute approximate surface area is 102 Å². The zero-order chi connectivity index (χ0) is 12.4. The molecule has 0 fully saturated rings. The van der Waals surface area contributed by atoms with Crippen LogP contribution in [0.2, 0.25) is 0 Å². The molecule has 1 N–H and O–H groups in total. The zero-order valence-electron chi connectivity index (χ0n) is 10.5. The molecule has 2 rings (SSSR count). The maximum absolute atomic E-state index is 11.0. The second-order valence-corrected chi connectivity index (χ2v) is 4.31. The summed E-state index contributed by atoms with van der Waals surface area (Å²) in [5.41, 5.74) is 1.87. The van der Waals surface area contributed by atoms with Gasteiger partial charge in [-0.25, -0.2) is 0 Å². The lowest BCUT2D eigenvalue weighted by Gasteiger charge is -2.36. The fourth-order valence-electron chi connectivity index (χ4n) is 2.16. The molecular formula is C13H18N2O2. The van der Waals surface area contributed by atoms with E-state index in [0.29, 0.717) is 12.6 Å². The first-order chi connectivity index (χ1) is 8.11. The number of carbonyl (C=O) groups excluding carboxylic acids is 1. The molecular weight excluding hydrogens is 216 g/mol. The van der Waals surface area contributed by atoms with E-state index in [4.69, 9.17) is 4.74 Å². The molecule has 0 radical (unpaired) electrons. The summed E-state index contributed by atoms with van der Waals surface area (Å²) in [6.45, 7) is 7.41. The van der Waals surface area contributed by atoms with Gasteiger partial charge in [-0.3, -0.25) is 4.79 Å². The average Bonchev–Trinajstić information content (AvgIpc) is 2.28. The summed E-state index contributed by atoms with van der Waals surface area (Å²) in [6.07, 6.45) is 0. The maximum Gasteiger partial charge on any atom is 0.221 e. The van der Waals surface area contributed by atoms with E-state index in [-0.39, 0.29) is 5.91 Å². The second-order valence-electron chi connectivity index (χ2n) is 4.31. The van der Waals surface area contributed by atoms with E-state index in [9.17, 15) is 4.79 Å². The third kappa shape index (κ3) is 2.35. The molecule has 0 aromatic heterocycles. The minimum atomic E-state index is -0.0576. The Bertz CT molecular complexity index is 431. The molecule has 1 aromatic rings. The van der Waals surface area contributed by atoms with Gasteiger partial charge in [0.05, 0.1) is 11.7 Å². The minimum Gasteiger partial charge on any atom is -0.489 e. The number of anilines is 2. The third-order valence-electron chi connectivity index (χ3n) is 2.94. The molecule has 1 aliphatic rings. The summed E-state index contributed by atoms with van der Waals surface area (Å²) < 4.78 is 5.67. The molecule has 4 nitrogen and oxygen atoms in total. The molecule has 92 valence electrons. The number of ether oxygens (including phenoxy) is 1. The number of fused-ring (bicyclic) bond motifs is 1. The number of carbonyl (C=O) groups is 1. The van der Waals surface area contributed by atoms with Gasteiger partial charge in [0.15, 0.2) is 0 Å². The van der Waals surface area contributed by atoms with Crippen molar-refractivity contribution >= 4 is 17.3 Å². The molecule has 17 heavy (non-hydrogen) atoms. The van der Waals surface area contributed by atoms with Crippen LogP contribution in [0.3, 0.4) is 0 Å². The topological polar surface area (TPSA) is 41.6 Å². The quantitative estimate of drug-likeness (QED) is 0.853. The molecule has 0 saturated carbocycles. The average molecular weight is 234 g/mol. The van der Waals surface area contributed by atoms with Crippen LogP contribution in [0.4, 0.5) is 11.4 Å². The highest BCUT2D eigenvalue weighted by molar-refractivity contribution is 5.89. The Hall–Kier alpha value is -1.71. The van der Waals surface area contributed by atoms with Crippen LogP contribution in [0, 0.1) is 0 Å². The van der Waals surface area contributed by atoms with E-state index in [0.717, 1.165) is 23.7 Å². The van der Waals surface area contributed by atoms with Gasteiger partial charge in [0.1, 0.15) is 12.4 Å². The van der Waals surface area contributed by atoms with Crippen LogP contribution in [0.25, 0.3) is 0 Å². The molecule has 1 aliphatic heterocycles. The van der Waals surface area contributed by atoms with Crippen molar-refractivity contribution in [2.24, 2.45) is 0 Å². The van der Waals surface area contributed by atoms with E-state index in [1.165, 1.54) is 6.92 Å². The van der Waals surface area contributed by atoms with Crippen molar-refractivity contribution in [3.8, 4) is 5.75 Å². The summed E-state index contributed by atoms with van der Waals surface area (Å²) >= 11 is 0. The van der Waals surface area contributed by atoms with Crippen molar-refractivity contribution in [3.05, 3.63) is 18.2 Å². The van der Waals surface area contributed by atoms with Gasteiger partial charge in [-0.15, -0.1) is 0 Å². The van der Waals surface area contributed by atoms with Gasteiger partial charge in [-0.05, 0) is 32.0 Å². The van der Waals surface area contributed by atoms with Gasteiger partial charge < -0.3 is 15.0 Å². The van der Waals surface area contributed by atoms with Crippen molar-refractivity contribution in [2.45, 2.75) is 26.8 Å². The lowest BCUT2D eigenvalue weighted by Crippen LogP contribution is -2.40. The molecule has 1 amide bonds. The Morgan fingerprint density at radius 2 is 2.35 bits per heavy atom. The van der Waals surface area contributed by atoms with Crippen LogP contribution in [-0.4, -0.2) is 25.1 Å². The summed E-state index contributed by atoms with van der Waals surface area (Å²) in [4.78, 5) is 13.3. The normalized spacial score (nSPS) is 18.3. The standard InChI is InChI=1S/C13H18N2O2/c1-4-15-9(2)8-17-13-6-5-11(7-12(13)15)14-10(3)16/h5-7,9H,4,8H2,1-3H3,(H,14,16). The number of hydrogen-bond acceptors (Lipinski definition) is 3. The smallest absolute Gasteiger partial charge is 0.221 e. The minimum absolute atomic E-state index is 0.0576. The summed E-state index contributed by atoms with van der Waals surface area (Å²) in [5.74, 6) is 0.830. The fraction of sp³-hybridized carbons (Fsp3) is 0.462. The highest BCUT2D eigenvalue weighted by Gasteiger charge is 2.23. The predicted octanol–water partition coefficient (Wildman–Crippen LogP) is 2.25. The number of amides is 1. The molecule has 4 heteroatoms. The van der Waals surface area contributed by atoms with Crippen molar-refractivity contribution < 1.29 is 9.53 Å². The van der Waals surface area contributed by atoms with Crippen LogP contribution in [0.1, 0.15) is 20.8 Å². The molecule has 1 atom stereocenters. The number of nitrogens with one attached hydrogen (secondary N) is 1. The third-order valence-corrected chi connectivity index (χ3v) is 2.94. The summed E-state index contributed by atoms with van der Waals surface area (Å²) in [5, 5.41) is 2.79. The van der Waals surface area contributed by atoms with Crippen molar-refractivity contribution in [1.82, 2.24) is 0 Å². The Balaban J connectivity index is 2.34.